The maximum Gasteiger partial charge on any atom is 0.123 e. The van der Waals surface area contributed by atoms with E-state index in [-0.39, 0.29) is 12.6 Å². The standard InChI is InChI=1S/C13H21NO2/c1-9-5-12(7-14-11(3)8-15)13(16-4)6-10(9)2/h5-6,11,14-15H,7-8H2,1-4H3. The number of aryl methyl sites for hydroxylation is 2. The van der Waals surface area contributed by atoms with Gasteiger partial charge >= 0.3 is 0 Å². The fourth-order valence-electron chi connectivity index (χ4n) is 1.53. The van der Waals surface area contributed by atoms with Crippen molar-refractivity contribution in [2.24, 2.45) is 0 Å². The number of nitrogens with one attached hydrogen (secondary N) is 1. The first-order valence-corrected chi connectivity index (χ1v) is 5.56. The Labute approximate surface area is 97.4 Å². The van der Waals surface area contributed by atoms with Crippen molar-refractivity contribution >= 4 is 0 Å². The lowest BCUT2D eigenvalue weighted by atomic mass is 10.0. The molecule has 0 saturated heterocycles. The molecule has 3 heteroatoms. The van der Waals surface area contributed by atoms with Gasteiger partial charge in [0.25, 0.3) is 0 Å². The Balaban J connectivity index is 2.81. The van der Waals surface area contributed by atoms with Crippen LogP contribution in [0.1, 0.15) is 23.6 Å². The molecule has 0 bridgehead atoms. The van der Waals surface area contributed by atoms with Crippen LogP contribution in [0, 0.1) is 13.8 Å². The minimum Gasteiger partial charge on any atom is -0.496 e. The predicted molar refractivity (Wildman–Crippen MR) is 65.9 cm³/mol. The molecule has 0 saturated carbocycles. The van der Waals surface area contributed by atoms with Crippen molar-refractivity contribution in [2.75, 3.05) is 13.7 Å². The maximum atomic E-state index is 8.94. The monoisotopic (exact) mass is 223 g/mol. The number of aliphatic hydroxyl groups is 1. The summed E-state index contributed by atoms with van der Waals surface area (Å²) in [4.78, 5) is 0. The largest absolute Gasteiger partial charge is 0.496 e. The molecule has 90 valence electrons. The highest BCUT2D eigenvalue weighted by Crippen LogP contribution is 2.22. The number of benzene rings is 1. The van der Waals surface area contributed by atoms with Crippen LogP contribution in [-0.2, 0) is 6.54 Å². The quantitative estimate of drug-likeness (QED) is 0.799. The van der Waals surface area contributed by atoms with E-state index in [1.807, 2.05) is 6.92 Å². The lowest BCUT2D eigenvalue weighted by Crippen LogP contribution is -2.28. The average Bonchev–Trinajstić information content (AvgIpc) is 2.29. The molecule has 0 aliphatic rings. The van der Waals surface area contributed by atoms with Crippen LogP contribution in [0.5, 0.6) is 5.75 Å². The molecule has 16 heavy (non-hydrogen) atoms. The van der Waals surface area contributed by atoms with E-state index in [9.17, 15) is 0 Å². The smallest absolute Gasteiger partial charge is 0.123 e. The fourth-order valence-corrected chi connectivity index (χ4v) is 1.53. The van der Waals surface area contributed by atoms with Crippen LogP contribution in [0.25, 0.3) is 0 Å². The Morgan fingerprint density at radius 2 is 1.94 bits per heavy atom. The second kappa shape index (κ2) is 5.87. The molecule has 1 aromatic rings. The van der Waals surface area contributed by atoms with E-state index in [0.29, 0.717) is 6.54 Å². The van der Waals surface area contributed by atoms with Crippen molar-refractivity contribution in [1.29, 1.82) is 0 Å². The van der Waals surface area contributed by atoms with Crippen molar-refractivity contribution in [1.82, 2.24) is 5.32 Å². The fraction of sp³-hybridized carbons (Fsp3) is 0.538. The second-order valence-corrected chi connectivity index (χ2v) is 4.21. The van der Waals surface area contributed by atoms with E-state index in [4.69, 9.17) is 9.84 Å². The van der Waals surface area contributed by atoms with Gasteiger partial charge in [-0.25, -0.2) is 0 Å². The van der Waals surface area contributed by atoms with Crippen LogP contribution < -0.4 is 10.1 Å². The summed E-state index contributed by atoms with van der Waals surface area (Å²) in [5.41, 5.74) is 3.62. The van der Waals surface area contributed by atoms with Gasteiger partial charge in [0.2, 0.25) is 0 Å². The Hall–Kier alpha value is -1.06. The highest BCUT2D eigenvalue weighted by molar-refractivity contribution is 5.41. The molecule has 0 radical (unpaired) electrons. The predicted octanol–water partition coefficient (Wildman–Crippen LogP) is 1.78. The van der Waals surface area contributed by atoms with Crippen LogP contribution in [-0.4, -0.2) is 24.9 Å². The molecule has 0 aliphatic carbocycles. The Kier molecular flexibility index (Phi) is 4.77. The summed E-state index contributed by atoms with van der Waals surface area (Å²) in [5.74, 6) is 0.903. The van der Waals surface area contributed by atoms with E-state index in [1.54, 1.807) is 7.11 Å². The molecule has 0 spiro atoms. The third-order valence-corrected chi connectivity index (χ3v) is 2.81. The SMILES string of the molecule is COc1cc(C)c(C)cc1CNC(C)CO. The lowest BCUT2D eigenvalue weighted by Gasteiger charge is -2.15. The van der Waals surface area contributed by atoms with Gasteiger partial charge < -0.3 is 15.2 Å². The van der Waals surface area contributed by atoms with Crippen molar-refractivity contribution in [3.63, 3.8) is 0 Å². The van der Waals surface area contributed by atoms with E-state index in [0.717, 1.165) is 11.3 Å². The molecule has 1 atom stereocenters. The van der Waals surface area contributed by atoms with E-state index < -0.39 is 0 Å². The zero-order chi connectivity index (χ0) is 12.1. The molecule has 1 rings (SSSR count). The van der Waals surface area contributed by atoms with Crippen LogP contribution >= 0.6 is 0 Å². The number of aliphatic hydroxyl groups excluding tert-OH is 1. The Morgan fingerprint density at radius 3 is 2.50 bits per heavy atom. The van der Waals surface area contributed by atoms with Gasteiger partial charge in [0.1, 0.15) is 5.75 Å². The summed E-state index contributed by atoms with van der Waals surface area (Å²) in [6.07, 6.45) is 0. The van der Waals surface area contributed by atoms with Crippen molar-refractivity contribution in [3.05, 3.63) is 28.8 Å². The van der Waals surface area contributed by atoms with Crippen molar-refractivity contribution in [3.8, 4) is 5.75 Å². The molecular weight excluding hydrogens is 202 g/mol. The van der Waals surface area contributed by atoms with Gasteiger partial charge in [-0.3, -0.25) is 0 Å². The summed E-state index contributed by atoms with van der Waals surface area (Å²) in [7, 11) is 1.68. The minimum absolute atomic E-state index is 0.103. The Bertz CT molecular complexity index is 350. The van der Waals surface area contributed by atoms with Crippen molar-refractivity contribution < 1.29 is 9.84 Å². The van der Waals surface area contributed by atoms with E-state index >= 15 is 0 Å². The number of methoxy groups -OCH3 is 1. The van der Waals surface area contributed by atoms with E-state index in [1.165, 1.54) is 11.1 Å². The third-order valence-electron chi connectivity index (χ3n) is 2.81. The normalized spacial score (nSPS) is 12.6. The van der Waals surface area contributed by atoms with Gasteiger partial charge in [0.15, 0.2) is 0 Å². The molecule has 0 heterocycles. The summed E-state index contributed by atoms with van der Waals surface area (Å²) in [5, 5.41) is 12.2. The van der Waals surface area contributed by atoms with E-state index in [2.05, 4.69) is 31.3 Å². The topological polar surface area (TPSA) is 41.5 Å². The first-order valence-electron chi connectivity index (χ1n) is 5.56. The molecule has 0 aromatic heterocycles. The highest BCUT2D eigenvalue weighted by atomic mass is 16.5. The van der Waals surface area contributed by atoms with Crippen LogP contribution in [0.15, 0.2) is 12.1 Å². The molecule has 1 aromatic carbocycles. The molecule has 0 aliphatic heterocycles. The van der Waals surface area contributed by atoms with Gasteiger partial charge in [0, 0.05) is 18.2 Å². The summed E-state index contributed by atoms with van der Waals surface area (Å²) in [6.45, 7) is 6.98. The number of rotatable bonds is 5. The van der Waals surface area contributed by atoms with Crippen LogP contribution in [0.4, 0.5) is 0 Å². The van der Waals surface area contributed by atoms with Gasteiger partial charge in [-0.1, -0.05) is 6.07 Å². The zero-order valence-electron chi connectivity index (χ0n) is 10.5. The minimum atomic E-state index is 0.103. The number of hydrogen-bond acceptors (Lipinski definition) is 3. The van der Waals surface area contributed by atoms with Gasteiger partial charge in [0.05, 0.1) is 13.7 Å². The average molecular weight is 223 g/mol. The second-order valence-electron chi connectivity index (χ2n) is 4.21. The maximum absolute atomic E-state index is 8.94. The number of ether oxygens (including phenoxy) is 1. The number of hydrogen-bond donors (Lipinski definition) is 2. The highest BCUT2D eigenvalue weighted by Gasteiger charge is 2.07. The zero-order valence-corrected chi connectivity index (χ0v) is 10.5. The summed E-state index contributed by atoms with van der Waals surface area (Å²) in [6, 6.07) is 4.28. The van der Waals surface area contributed by atoms with Crippen LogP contribution in [0.2, 0.25) is 0 Å². The Morgan fingerprint density at radius 1 is 1.31 bits per heavy atom. The van der Waals surface area contributed by atoms with Gasteiger partial charge in [-0.05, 0) is 38.0 Å². The first-order chi connectivity index (χ1) is 7.58. The molecule has 1 unspecified atom stereocenters. The van der Waals surface area contributed by atoms with Crippen molar-refractivity contribution in [2.45, 2.75) is 33.4 Å². The van der Waals surface area contributed by atoms with Crippen LogP contribution in [0.3, 0.4) is 0 Å². The third kappa shape index (κ3) is 3.22. The summed E-state index contributed by atoms with van der Waals surface area (Å²) >= 11 is 0. The summed E-state index contributed by atoms with van der Waals surface area (Å²) < 4.78 is 5.34. The molecule has 2 N–H and O–H groups in total. The van der Waals surface area contributed by atoms with Gasteiger partial charge in [-0.15, -0.1) is 0 Å². The van der Waals surface area contributed by atoms with Gasteiger partial charge in [-0.2, -0.15) is 0 Å². The lowest BCUT2D eigenvalue weighted by molar-refractivity contribution is 0.250. The first kappa shape index (κ1) is 13.0. The molecular formula is C13H21NO2. The molecule has 3 nitrogen and oxygen atoms in total. The molecule has 0 fully saturated rings. The molecule has 0 amide bonds.